The summed E-state index contributed by atoms with van der Waals surface area (Å²) in [5.41, 5.74) is 7.90. The van der Waals surface area contributed by atoms with E-state index in [1.807, 2.05) is 24.3 Å². The van der Waals surface area contributed by atoms with Crippen LogP contribution in [0.25, 0.3) is 0 Å². The molecular weight excluding hydrogens is 251 g/mol. The van der Waals surface area contributed by atoms with Crippen LogP contribution in [0.5, 0.6) is 0 Å². The molecule has 19 heavy (non-hydrogen) atoms. The molecule has 1 aliphatic rings. The lowest BCUT2D eigenvalue weighted by Gasteiger charge is -2.38. The molecule has 1 nitrogen and oxygen atoms in total. The van der Waals surface area contributed by atoms with Crippen molar-refractivity contribution < 1.29 is 13.2 Å². The summed E-state index contributed by atoms with van der Waals surface area (Å²) in [6, 6.07) is 7.96. The average Bonchev–Trinajstić information content (AvgIpc) is 2.38. The van der Waals surface area contributed by atoms with Crippen LogP contribution < -0.4 is 5.73 Å². The highest BCUT2D eigenvalue weighted by Crippen LogP contribution is 2.43. The van der Waals surface area contributed by atoms with Gasteiger partial charge in [0, 0.05) is 5.54 Å². The van der Waals surface area contributed by atoms with E-state index in [1.165, 1.54) is 5.56 Å². The molecule has 2 rings (SSSR count). The lowest BCUT2D eigenvalue weighted by molar-refractivity contribution is -0.184. The Morgan fingerprint density at radius 2 is 1.68 bits per heavy atom. The highest BCUT2D eigenvalue weighted by molar-refractivity contribution is 5.29. The van der Waals surface area contributed by atoms with Gasteiger partial charge < -0.3 is 5.73 Å². The van der Waals surface area contributed by atoms with Gasteiger partial charge in [-0.2, -0.15) is 13.2 Å². The second kappa shape index (κ2) is 5.16. The molecule has 0 heterocycles. The molecule has 2 N–H and O–H groups in total. The van der Waals surface area contributed by atoms with Gasteiger partial charge in [-0.25, -0.2) is 0 Å². The van der Waals surface area contributed by atoms with Crippen molar-refractivity contribution in [2.24, 2.45) is 11.7 Å². The summed E-state index contributed by atoms with van der Waals surface area (Å²) in [6.45, 7) is 2.07. The van der Waals surface area contributed by atoms with E-state index in [9.17, 15) is 13.2 Å². The van der Waals surface area contributed by atoms with Crippen molar-refractivity contribution in [3.63, 3.8) is 0 Å². The van der Waals surface area contributed by atoms with Gasteiger partial charge in [-0.15, -0.1) is 0 Å². The molecule has 0 unspecified atom stereocenters. The topological polar surface area (TPSA) is 26.0 Å². The number of halogens is 3. The zero-order valence-corrected chi connectivity index (χ0v) is 11.1. The smallest absolute Gasteiger partial charge is 0.321 e. The molecule has 1 aliphatic carbocycles. The molecule has 1 aromatic carbocycles. The summed E-state index contributed by atoms with van der Waals surface area (Å²) >= 11 is 0. The van der Waals surface area contributed by atoms with Gasteiger partial charge in [0.2, 0.25) is 0 Å². The number of aryl methyl sites for hydroxylation is 1. The molecule has 0 aromatic heterocycles. The van der Waals surface area contributed by atoms with Crippen LogP contribution in [0.1, 0.15) is 43.7 Å². The monoisotopic (exact) mass is 271 g/mol. The summed E-state index contributed by atoms with van der Waals surface area (Å²) in [5.74, 6) is -1.18. The number of hydrogen-bond donors (Lipinski definition) is 1. The van der Waals surface area contributed by atoms with Gasteiger partial charge in [-0.05, 0) is 43.2 Å². The maximum Gasteiger partial charge on any atom is 0.391 e. The number of benzene rings is 1. The lowest BCUT2D eigenvalue weighted by Crippen LogP contribution is -2.43. The Labute approximate surface area is 112 Å². The molecular formula is C15H20F3N. The molecule has 0 spiro atoms. The van der Waals surface area contributed by atoms with E-state index >= 15 is 0 Å². The molecule has 0 aliphatic heterocycles. The molecule has 1 saturated carbocycles. The third-order valence-electron chi connectivity index (χ3n) is 4.28. The largest absolute Gasteiger partial charge is 0.391 e. The Hall–Kier alpha value is -1.03. The molecule has 0 radical (unpaired) electrons. The number of hydrogen-bond acceptors (Lipinski definition) is 1. The fourth-order valence-electron chi connectivity index (χ4n) is 2.82. The van der Waals surface area contributed by atoms with Crippen molar-refractivity contribution in [2.75, 3.05) is 0 Å². The van der Waals surface area contributed by atoms with Crippen molar-refractivity contribution in [3.8, 4) is 0 Å². The summed E-state index contributed by atoms with van der Waals surface area (Å²) in [4.78, 5) is 0. The van der Waals surface area contributed by atoms with Crippen LogP contribution in [-0.2, 0) is 12.0 Å². The van der Waals surface area contributed by atoms with E-state index in [0.717, 1.165) is 12.0 Å². The standard InChI is InChI=1S/C15H20F3N/c1-2-11-3-5-12(6-4-11)14(19)9-7-13(8-10-14)15(16,17)18/h3-6,13H,2,7-10,19H2,1H3. The molecule has 0 bridgehead atoms. The quantitative estimate of drug-likeness (QED) is 0.859. The highest BCUT2D eigenvalue weighted by atomic mass is 19.4. The van der Waals surface area contributed by atoms with E-state index in [1.54, 1.807) is 0 Å². The fourth-order valence-corrected chi connectivity index (χ4v) is 2.82. The first kappa shape index (κ1) is 14.4. The van der Waals surface area contributed by atoms with Crippen LogP contribution >= 0.6 is 0 Å². The Bertz CT molecular complexity index is 414. The van der Waals surface area contributed by atoms with Gasteiger partial charge in [0.1, 0.15) is 0 Å². The summed E-state index contributed by atoms with van der Waals surface area (Å²) in [7, 11) is 0. The van der Waals surface area contributed by atoms with Gasteiger partial charge in [0.05, 0.1) is 5.92 Å². The van der Waals surface area contributed by atoms with Crippen LogP contribution in [-0.4, -0.2) is 6.18 Å². The molecule has 0 atom stereocenters. The van der Waals surface area contributed by atoms with Crippen molar-refractivity contribution in [2.45, 2.75) is 50.7 Å². The van der Waals surface area contributed by atoms with Crippen molar-refractivity contribution in [1.29, 1.82) is 0 Å². The Balaban J connectivity index is 2.08. The minimum atomic E-state index is -4.08. The average molecular weight is 271 g/mol. The van der Waals surface area contributed by atoms with Crippen LogP contribution in [0.3, 0.4) is 0 Å². The van der Waals surface area contributed by atoms with Crippen molar-refractivity contribution >= 4 is 0 Å². The number of nitrogens with two attached hydrogens (primary N) is 1. The maximum atomic E-state index is 12.7. The SMILES string of the molecule is CCc1ccc(C2(N)CCC(C(F)(F)F)CC2)cc1. The first-order valence-corrected chi connectivity index (χ1v) is 6.80. The molecule has 1 fully saturated rings. The summed E-state index contributed by atoms with van der Waals surface area (Å²) in [6.07, 6.45) is -2.04. The lowest BCUT2D eigenvalue weighted by atomic mass is 9.73. The second-order valence-electron chi connectivity index (χ2n) is 5.52. The van der Waals surface area contributed by atoms with Crippen LogP contribution in [0.15, 0.2) is 24.3 Å². The molecule has 0 amide bonds. The van der Waals surface area contributed by atoms with Crippen LogP contribution in [0, 0.1) is 5.92 Å². The van der Waals surface area contributed by atoms with E-state index in [4.69, 9.17) is 5.73 Å². The van der Waals surface area contributed by atoms with Crippen molar-refractivity contribution in [1.82, 2.24) is 0 Å². The van der Waals surface area contributed by atoms with Gasteiger partial charge in [0.25, 0.3) is 0 Å². The van der Waals surface area contributed by atoms with Gasteiger partial charge >= 0.3 is 6.18 Å². The first-order chi connectivity index (χ1) is 8.85. The molecule has 1 aromatic rings. The van der Waals surface area contributed by atoms with Crippen LogP contribution in [0.2, 0.25) is 0 Å². The number of alkyl halides is 3. The predicted octanol–water partition coefficient (Wildman–Crippen LogP) is 4.16. The minimum Gasteiger partial charge on any atom is -0.321 e. The zero-order valence-electron chi connectivity index (χ0n) is 11.1. The van der Waals surface area contributed by atoms with E-state index < -0.39 is 17.6 Å². The highest BCUT2D eigenvalue weighted by Gasteiger charge is 2.44. The molecule has 0 saturated heterocycles. The van der Waals surface area contributed by atoms with E-state index in [-0.39, 0.29) is 12.8 Å². The summed E-state index contributed by atoms with van der Waals surface area (Å²) in [5, 5.41) is 0. The van der Waals surface area contributed by atoms with Gasteiger partial charge in [-0.3, -0.25) is 0 Å². The Morgan fingerprint density at radius 1 is 1.16 bits per heavy atom. The normalized spacial score (nSPS) is 28.4. The van der Waals surface area contributed by atoms with Gasteiger partial charge in [-0.1, -0.05) is 31.2 Å². The van der Waals surface area contributed by atoms with Crippen LogP contribution in [0.4, 0.5) is 13.2 Å². The minimum absolute atomic E-state index is 0.134. The van der Waals surface area contributed by atoms with Crippen molar-refractivity contribution in [3.05, 3.63) is 35.4 Å². The third kappa shape index (κ3) is 3.11. The first-order valence-electron chi connectivity index (χ1n) is 6.80. The Kier molecular flexibility index (Phi) is 3.90. The second-order valence-corrected chi connectivity index (χ2v) is 5.52. The van der Waals surface area contributed by atoms with E-state index in [0.29, 0.717) is 12.8 Å². The Morgan fingerprint density at radius 3 is 2.11 bits per heavy atom. The molecule has 106 valence electrons. The fraction of sp³-hybridized carbons (Fsp3) is 0.600. The third-order valence-corrected chi connectivity index (χ3v) is 4.28. The number of rotatable bonds is 2. The zero-order chi connectivity index (χ0) is 14.1. The van der Waals surface area contributed by atoms with E-state index in [2.05, 4.69) is 6.92 Å². The predicted molar refractivity (Wildman–Crippen MR) is 69.7 cm³/mol. The summed E-state index contributed by atoms with van der Waals surface area (Å²) < 4.78 is 38.0. The molecule has 4 heteroatoms. The maximum absolute atomic E-state index is 12.7. The van der Waals surface area contributed by atoms with Gasteiger partial charge in [0.15, 0.2) is 0 Å².